The van der Waals surface area contributed by atoms with Gasteiger partial charge in [0.1, 0.15) is 6.04 Å². The lowest BCUT2D eigenvalue weighted by Gasteiger charge is -2.38. The first-order valence-electron chi connectivity index (χ1n) is 5.71. The highest BCUT2D eigenvalue weighted by molar-refractivity contribution is 5.75. The van der Waals surface area contributed by atoms with Gasteiger partial charge in [-0.1, -0.05) is 6.42 Å². The van der Waals surface area contributed by atoms with Crippen molar-refractivity contribution in [3.05, 3.63) is 0 Å². The number of morpholine rings is 1. The van der Waals surface area contributed by atoms with Crippen LogP contribution >= 0.6 is 0 Å². The average Bonchev–Trinajstić information content (AvgIpc) is 2.23. The van der Waals surface area contributed by atoms with E-state index in [9.17, 15) is 4.79 Å². The van der Waals surface area contributed by atoms with E-state index in [1.165, 1.54) is 26.4 Å². The second-order valence-electron chi connectivity index (χ2n) is 4.41. The van der Waals surface area contributed by atoms with Crippen molar-refractivity contribution in [2.75, 3.05) is 33.4 Å². The predicted molar refractivity (Wildman–Crippen MR) is 55.5 cm³/mol. The minimum atomic E-state index is -0.177. The number of carbonyl (C=O) groups excluding carboxylic acids is 1. The lowest BCUT2D eigenvalue weighted by atomic mass is 9.85. The highest BCUT2D eigenvalue weighted by atomic mass is 16.5. The highest BCUT2D eigenvalue weighted by Crippen LogP contribution is 2.28. The molecular formula is C11H19NO3. The zero-order valence-electron chi connectivity index (χ0n) is 9.28. The van der Waals surface area contributed by atoms with Crippen LogP contribution in [0.4, 0.5) is 0 Å². The maximum atomic E-state index is 11.5. The third kappa shape index (κ3) is 2.49. The van der Waals surface area contributed by atoms with E-state index in [4.69, 9.17) is 9.47 Å². The SMILES string of the molecule is COC(=O)[C@H]1COCCN1CC1CCC1. The number of ether oxygens (including phenoxy) is 2. The number of nitrogens with zero attached hydrogens (tertiary/aromatic N) is 1. The summed E-state index contributed by atoms with van der Waals surface area (Å²) in [6.07, 6.45) is 3.97. The van der Waals surface area contributed by atoms with Gasteiger partial charge in [-0.15, -0.1) is 0 Å². The first-order chi connectivity index (χ1) is 7.31. The van der Waals surface area contributed by atoms with Crippen molar-refractivity contribution >= 4 is 5.97 Å². The number of hydrogen-bond donors (Lipinski definition) is 0. The van der Waals surface area contributed by atoms with E-state index in [0.717, 1.165) is 25.6 Å². The molecule has 0 spiro atoms. The van der Waals surface area contributed by atoms with Crippen LogP contribution in [0.2, 0.25) is 0 Å². The van der Waals surface area contributed by atoms with Gasteiger partial charge in [0.25, 0.3) is 0 Å². The summed E-state index contributed by atoms with van der Waals surface area (Å²) in [5, 5.41) is 0. The van der Waals surface area contributed by atoms with Crippen LogP contribution in [0, 0.1) is 5.92 Å². The smallest absolute Gasteiger partial charge is 0.325 e. The molecule has 0 bridgehead atoms. The molecule has 0 radical (unpaired) electrons. The Hall–Kier alpha value is -0.610. The third-order valence-corrected chi connectivity index (χ3v) is 3.43. The van der Waals surface area contributed by atoms with Gasteiger partial charge in [0.2, 0.25) is 0 Å². The Labute approximate surface area is 90.5 Å². The van der Waals surface area contributed by atoms with E-state index in [0.29, 0.717) is 6.61 Å². The summed E-state index contributed by atoms with van der Waals surface area (Å²) in [5.41, 5.74) is 0. The predicted octanol–water partition coefficient (Wildman–Crippen LogP) is 0.660. The fraction of sp³-hybridized carbons (Fsp3) is 0.909. The van der Waals surface area contributed by atoms with Crippen LogP contribution in [0.15, 0.2) is 0 Å². The van der Waals surface area contributed by atoms with Crippen molar-refractivity contribution in [2.45, 2.75) is 25.3 Å². The van der Waals surface area contributed by atoms with Crippen molar-refractivity contribution in [1.82, 2.24) is 4.90 Å². The lowest BCUT2D eigenvalue weighted by molar-refractivity contribution is -0.154. The Bertz CT molecular complexity index is 228. The Balaban J connectivity index is 1.89. The Morgan fingerprint density at radius 3 is 2.93 bits per heavy atom. The van der Waals surface area contributed by atoms with Gasteiger partial charge in [0.15, 0.2) is 0 Å². The molecule has 86 valence electrons. The fourth-order valence-corrected chi connectivity index (χ4v) is 2.22. The van der Waals surface area contributed by atoms with Crippen molar-refractivity contribution in [3.8, 4) is 0 Å². The van der Waals surface area contributed by atoms with Crippen LogP contribution < -0.4 is 0 Å². The number of methoxy groups -OCH3 is 1. The zero-order chi connectivity index (χ0) is 10.7. The summed E-state index contributed by atoms with van der Waals surface area (Å²) in [7, 11) is 1.44. The molecule has 2 rings (SSSR count). The van der Waals surface area contributed by atoms with Crippen LogP contribution in [0.1, 0.15) is 19.3 Å². The Kier molecular flexibility index (Phi) is 3.59. The molecule has 1 heterocycles. The van der Waals surface area contributed by atoms with Gasteiger partial charge in [-0.05, 0) is 18.8 Å². The quantitative estimate of drug-likeness (QED) is 0.646. The molecule has 1 saturated carbocycles. The van der Waals surface area contributed by atoms with Gasteiger partial charge in [-0.25, -0.2) is 0 Å². The largest absolute Gasteiger partial charge is 0.468 e. The van der Waals surface area contributed by atoms with Crippen LogP contribution in [0.3, 0.4) is 0 Å². The summed E-state index contributed by atoms with van der Waals surface area (Å²) in [6, 6.07) is -0.177. The van der Waals surface area contributed by atoms with Crippen molar-refractivity contribution in [3.63, 3.8) is 0 Å². The van der Waals surface area contributed by atoms with Crippen molar-refractivity contribution in [1.29, 1.82) is 0 Å². The normalized spacial score (nSPS) is 28.5. The molecule has 0 aromatic carbocycles. The van der Waals surface area contributed by atoms with Crippen LogP contribution in [-0.4, -0.2) is 50.3 Å². The first-order valence-corrected chi connectivity index (χ1v) is 5.71. The summed E-state index contributed by atoms with van der Waals surface area (Å²) >= 11 is 0. The second kappa shape index (κ2) is 4.94. The standard InChI is InChI=1S/C11H19NO3/c1-14-11(13)10-8-15-6-5-12(10)7-9-3-2-4-9/h9-10H,2-8H2,1H3/t10-/m1/s1. The molecule has 2 aliphatic rings. The molecule has 4 nitrogen and oxygen atoms in total. The van der Waals surface area contributed by atoms with Crippen LogP contribution in [0.5, 0.6) is 0 Å². The molecule has 0 aromatic heterocycles. The fourth-order valence-electron chi connectivity index (χ4n) is 2.22. The van der Waals surface area contributed by atoms with E-state index in [-0.39, 0.29) is 12.0 Å². The number of hydrogen-bond acceptors (Lipinski definition) is 4. The van der Waals surface area contributed by atoms with Gasteiger partial charge in [0, 0.05) is 13.1 Å². The van der Waals surface area contributed by atoms with Gasteiger partial charge in [-0.2, -0.15) is 0 Å². The van der Waals surface area contributed by atoms with Crippen LogP contribution in [-0.2, 0) is 14.3 Å². The molecule has 1 aliphatic carbocycles. The van der Waals surface area contributed by atoms with Gasteiger partial charge in [0.05, 0.1) is 20.3 Å². The molecule has 1 atom stereocenters. The summed E-state index contributed by atoms with van der Waals surface area (Å²) in [5.74, 6) is 0.629. The first kappa shape index (κ1) is 10.9. The number of rotatable bonds is 3. The molecule has 1 saturated heterocycles. The third-order valence-electron chi connectivity index (χ3n) is 3.43. The van der Waals surface area contributed by atoms with E-state index < -0.39 is 0 Å². The summed E-state index contributed by atoms with van der Waals surface area (Å²) in [4.78, 5) is 13.7. The minimum Gasteiger partial charge on any atom is -0.468 e. The molecule has 0 N–H and O–H groups in total. The Morgan fingerprint density at radius 2 is 2.33 bits per heavy atom. The molecule has 4 heteroatoms. The number of esters is 1. The molecular weight excluding hydrogens is 194 g/mol. The van der Waals surface area contributed by atoms with E-state index in [2.05, 4.69) is 4.90 Å². The molecule has 0 aromatic rings. The van der Waals surface area contributed by atoms with Gasteiger partial charge < -0.3 is 9.47 Å². The van der Waals surface area contributed by atoms with E-state index in [1.807, 2.05) is 0 Å². The number of carbonyl (C=O) groups is 1. The lowest BCUT2D eigenvalue weighted by Crippen LogP contribution is -2.52. The molecule has 0 amide bonds. The molecule has 15 heavy (non-hydrogen) atoms. The average molecular weight is 213 g/mol. The summed E-state index contributed by atoms with van der Waals surface area (Å²) in [6.45, 7) is 3.11. The summed E-state index contributed by atoms with van der Waals surface area (Å²) < 4.78 is 10.1. The Morgan fingerprint density at radius 1 is 1.53 bits per heavy atom. The zero-order valence-corrected chi connectivity index (χ0v) is 9.28. The highest BCUT2D eigenvalue weighted by Gasteiger charge is 2.32. The van der Waals surface area contributed by atoms with Gasteiger partial charge in [-0.3, -0.25) is 9.69 Å². The molecule has 2 fully saturated rings. The van der Waals surface area contributed by atoms with Crippen molar-refractivity contribution in [2.24, 2.45) is 5.92 Å². The van der Waals surface area contributed by atoms with E-state index in [1.54, 1.807) is 0 Å². The van der Waals surface area contributed by atoms with Crippen LogP contribution in [0.25, 0.3) is 0 Å². The van der Waals surface area contributed by atoms with Gasteiger partial charge >= 0.3 is 5.97 Å². The minimum absolute atomic E-state index is 0.158. The monoisotopic (exact) mass is 213 g/mol. The maximum Gasteiger partial charge on any atom is 0.325 e. The van der Waals surface area contributed by atoms with E-state index >= 15 is 0 Å². The molecule has 1 aliphatic heterocycles. The second-order valence-corrected chi connectivity index (χ2v) is 4.41. The molecule has 0 unspecified atom stereocenters. The maximum absolute atomic E-state index is 11.5. The van der Waals surface area contributed by atoms with Crippen molar-refractivity contribution < 1.29 is 14.3 Å². The topological polar surface area (TPSA) is 38.8 Å².